The van der Waals surface area contributed by atoms with Crippen molar-refractivity contribution in [3.05, 3.63) is 108 Å². The Labute approximate surface area is 176 Å². The maximum Gasteiger partial charge on any atom is 0.326 e. The van der Waals surface area contributed by atoms with Crippen molar-refractivity contribution in [3.63, 3.8) is 0 Å². The highest BCUT2D eigenvalue weighted by molar-refractivity contribution is 6.07. The number of imide groups is 1. The van der Waals surface area contributed by atoms with E-state index in [4.69, 9.17) is 0 Å². The molecule has 3 aromatic rings. The van der Waals surface area contributed by atoms with Crippen molar-refractivity contribution in [2.45, 2.75) is 18.5 Å². The summed E-state index contributed by atoms with van der Waals surface area (Å²) in [5.41, 5.74) is 1.91. The molecule has 0 aromatic heterocycles. The van der Waals surface area contributed by atoms with E-state index >= 15 is 0 Å². The van der Waals surface area contributed by atoms with Gasteiger partial charge < -0.3 is 5.32 Å². The average molecular weight is 399 g/mol. The molecule has 30 heavy (non-hydrogen) atoms. The first-order chi connectivity index (χ1) is 14.5. The van der Waals surface area contributed by atoms with Crippen LogP contribution < -0.4 is 5.32 Å². The van der Waals surface area contributed by atoms with E-state index in [1.165, 1.54) is 4.90 Å². The van der Waals surface area contributed by atoms with Crippen molar-refractivity contribution < 1.29 is 9.59 Å². The molecule has 1 fully saturated rings. The average Bonchev–Trinajstić information content (AvgIpc) is 3.00. The van der Waals surface area contributed by atoms with Crippen LogP contribution in [0.4, 0.5) is 4.79 Å². The van der Waals surface area contributed by atoms with Crippen LogP contribution >= 0.6 is 0 Å². The number of carbonyl (C=O) groups excluding carboxylic acids is 2. The zero-order valence-corrected chi connectivity index (χ0v) is 17.2. The van der Waals surface area contributed by atoms with Gasteiger partial charge in [0.25, 0.3) is 5.91 Å². The summed E-state index contributed by atoms with van der Waals surface area (Å²) in [4.78, 5) is 29.4. The second-order valence-corrected chi connectivity index (χ2v) is 7.78. The van der Waals surface area contributed by atoms with Crippen molar-refractivity contribution in [3.8, 4) is 0 Å². The predicted octanol–water partition coefficient (Wildman–Crippen LogP) is 4.13. The molecule has 1 heterocycles. The van der Waals surface area contributed by atoms with Crippen LogP contribution in [0.5, 0.6) is 0 Å². The summed E-state index contributed by atoms with van der Waals surface area (Å²) in [7, 11) is 1.93. The third kappa shape index (κ3) is 3.60. The molecule has 3 aromatic carbocycles. The molecule has 1 aliphatic rings. The SMILES string of the molecule is CN(CN1C(=O)N[C@](C)(c2ccccc2)C1=O)C(c1ccccc1)c1ccccc1. The van der Waals surface area contributed by atoms with Crippen LogP contribution in [0.3, 0.4) is 0 Å². The van der Waals surface area contributed by atoms with Gasteiger partial charge in [0.2, 0.25) is 0 Å². The lowest BCUT2D eigenvalue weighted by Gasteiger charge is -2.31. The lowest BCUT2D eigenvalue weighted by atomic mass is 9.92. The standard InChI is InChI=1S/C25H25N3O2/c1-25(21-16-10-5-11-17-21)23(29)28(24(30)26-25)18-27(2)22(19-12-6-3-7-13-19)20-14-8-4-9-15-20/h3-17,22H,18H2,1-2H3,(H,26,30)/t25-/m1/s1. The van der Waals surface area contributed by atoms with Crippen LogP contribution in [0.25, 0.3) is 0 Å². The van der Waals surface area contributed by atoms with Crippen LogP contribution in [0.1, 0.15) is 29.7 Å². The van der Waals surface area contributed by atoms with E-state index in [0.717, 1.165) is 16.7 Å². The Balaban J connectivity index is 1.62. The molecule has 152 valence electrons. The van der Waals surface area contributed by atoms with Crippen LogP contribution in [0.15, 0.2) is 91.0 Å². The number of carbonyl (C=O) groups is 2. The lowest BCUT2D eigenvalue weighted by molar-refractivity contribution is -0.132. The number of nitrogens with zero attached hydrogens (tertiary/aromatic N) is 2. The Kier molecular flexibility index (Phi) is 5.38. The van der Waals surface area contributed by atoms with E-state index in [1.54, 1.807) is 6.92 Å². The Morgan fingerprint density at radius 1 is 0.833 bits per heavy atom. The molecular formula is C25H25N3O2. The summed E-state index contributed by atoms with van der Waals surface area (Å²) in [6, 6.07) is 29.1. The number of hydrogen-bond acceptors (Lipinski definition) is 3. The molecule has 0 unspecified atom stereocenters. The van der Waals surface area contributed by atoms with Crippen molar-refractivity contribution >= 4 is 11.9 Å². The molecule has 0 aliphatic carbocycles. The highest BCUT2D eigenvalue weighted by Crippen LogP contribution is 2.31. The van der Waals surface area contributed by atoms with Crippen molar-refractivity contribution in [2.75, 3.05) is 13.7 Å². The van der Waals surface area contributed by atoms with Gasteiger partial charge in [-0.25, -0.2) is 9.69 Å². The molecule has 3 amide bonds. The van der Waals surface area contributed by atoms with E-state index in [0.29, 0.717) is 0 Å². The molecule has 5 heteroatoms. The van der Waals surface area contributed by atoms with Crippen LogP contribution in [0.2, 0.25) is 0 Å². The largest absolute Gasteiger partial charge is 0.326 e. The van der Waals surface area contributed by atoms with E-state index in [2.05, 4.69) is 29.6 Å². The van der Waals surface area contributed by atoms with Crippen molar-refractivity contribution in [1.82, 2.24) is 15.1 Å². The number of hydrogen-bond donors (Lipinski definition) is 1. The molecule has 5 nitrogen and oxygen atoms in total. The fourth-order valence-corrected chi connectivity index (χ4v) is 4.07. The van der Waals surface area contributed by atoms with Crippen LogP contribution in [0, 0.1) is 0 Å². The molecule has 0 saturated carbocycles. The Morgan fingerprint density at radius 2 is 1.30 bits per heavy atom. The highest BCUT2D eigenvalue weighted by Gasteiger charge is 2.49. The Hall–Kier alpha value is -3.44. The summed E-state index contributed by atoms with van der Waals surface area (Å²) in [6.07, 6.45) is 0. The van der Waals surface area contributed by atoms with E-state index in [9.17, 15) is 9.59 Å². The quantitative estimate of drug-likeness (QED) is 0.634. The van der Waals surface area contributed by atoms with Crippen LogP contribution in [-0.2, 0) is 10.3 Å². The summed E-state index contributed by atoms with van der Waals surface area (Å²) in [5, 5.41) is 2.88. The summed E-state index contributed by atoms with van der Waals surface area (Å²) < 4.78 is 0. The zero-order valence-electron chi connectivity index (χ0n) is 17.2. The Bertz CT molecular complexity index is 985. The van der Waals surface area contributed by atoms with Crippen LogP contribution in [-0.4, -0.2) is 35.5 Å². The molecule has 0 spiro atoms. The molecule has 1 atom stereocenters. The second-order valence-electron chi connectivity index (χ2n) is 7.78. The first kappa shape index (κ1) is 19.9. The number of benzene rings is 3. The molecule has 1 saturated heterocycles. The minimum absolute atomic E-state index is 0.0865. The van der Waals surface area contributed by atoms with E-state index in [1.807, 2.05) is 78.7 Å². The number of urea groups is 1. The number of rotatable bonds is 6. The van der Waals surface area contributed by atoms with Gasteiger partial charge >= 0.3 is 6.03 Å². The highest BCUT2D eigenvalue weighted by atomic mass is 16.2. The summed E-state index contributed by atoms with van der Waals surface area (Å²) in [5.74, 6) is -0.245. The van der Waals surface area contributed by atoms with Gasteiger partial charge in [-0.05, 0) is 30.7 Å². The first-order valence-corrected chi connectivity index (χ1v) is 10.0. The minimum Gasteiger partial charge on any atom is -0.319 e. The minimum atomic E-state index is -1.06. The number of amides is 3. The lowest BCUT2D eigenvalue weighted by Crippen LogP contribution is -2.43. The van der Waals surface area contributed by atoms with E-state index < -0.39 is 5.54 Å². The smallest absolute Gasteiger partial charge is 0.319 e. The van der Waals surface area contributed by atoms with Gasteiger partial charge in [-0.3, -0.25) is 9.69 Å². The fourth-order valence-electron chi connectivity index (χ4n) is 4.07. The monoisotopic (exact) mass is 399 g/mol. The van der Waals surface area contributed by atoms with Gasteiger partial charge in [0.15, 0.2) is 0 Å². The number of nitrogens with one attached hydrogen (secondary N) is 1. The van der Waals surface area contributed by atoms with E-state index in [-0.39, 0.29) is 24.6 Å². The topological polar surface area (TPSA) is 52.6 Å². The third-order valence-corrected chi connectivity index (χ3v) is 5.66. The third-order valence-electron chi connectivity index (χ3n) is 5.66. The Morgan fingerprint density at radius 3 is 1.80 bits per heavy atom. The van der Waals surface area contributed by atoms with Gasteiger partial charge in [-0.1, -0.05) is 91.0 Å². The molecule has 0 bridgehead atoms. The summed E-state index contributed by atoms with van der Waals surface area (Å²) >= 11 is 0. The van der Waals surface area contributed by atoms with Gasteiger partial charge in [0, 0.05) is 0 Å². The summed E-state index contributed by atoms with van der Waals surface area (Å²) in [6.45, 7) is 1.94. The second kappa shape index (κ2) is 8.13. The van der Waals surface area contributed by atoms with Crippen molar-refractivity contribution in [1.29, 1.82) is 0 Å². The molecule has 0 radical (unpaired) electrons. The maximum absolute atomic E-state index is 13.3. The molecule has 4 rings (SSSR count). The molecule has 1 aliphatic heterocycles. The first-order valence-electron chi connectivity index (χ1n) is 10.0. The molecule has 1 N–H and O–H groups in total. The normalized spacial score (nSPS) is 18.9. The fraction of sp³-hybridized carbons (Fsp3) is 0.200. The predicted molar refractivity (Wildman–Crippen MR) is 117 cm³/mol. The van der Waals surface area contributed by atoms with Gasteiger partial charge in [-0.15, -0.1) is 0 Å². The maximum atomic E-state index is 13.3. The molecular weight excluding hydrogens is 374 g/mol. The van der Waals surface area contributed by atoms with Gasteiger partial charge in [0.05, 0.1) is 12.7 Å². The zero-order chi connectivity index (χ0) is 21.1. The van der Waals surface area contributed by atoms with Gasteiger partial charge in [0.1, 0.15) is 5.54 Å². The van der Waals surface area contributed by atoms with Gasteiger partial charge in [-0.2, -0.15) is 0 Å². The van der Waals surface area contributed by atoms with Crippen molar-refractivity contribution in [2.24, 2.45) is 0 Å².